The molecule has 20 heavy (non-hydrogen) atoms. The van der Waals surface area contributed by atoms with Gasteiger partial charge in [0.2, 0.25) is 15.9 Å². The molecule has 0 amide bonds. The number of nitrogens with zero attached hydrogens (tertiary/aromatic N) is 3. The third-order valence-corrected chi connectivity index (χ3v) is 6.07. The number of aromatic nitrogens is 2. The number of hydrogen-bond donors (Lipinski definition) is 0. The van der Waals surface area contributed by atoms with Gasteiger partial charge in [0, 0.05) is 12.6 Å². The van der Waals surface area contributed by atoms with Gasteiger partial charge in [-0.1, -0.05) is 0 Å². The molecule has 2 aliphatic rings. The monoisotopic (exact) mass is 297 g/mol. The van der Waals surface area contributed by atoms with Crippen LogP contribution in [0.1, 0.15) is 31.4 Å². The standard InChI is InChI=1S/C13H19N3O3S/c1-10-4-7-13(15-14-10)19-11-3-2-8-16(9-11)20(17,18)12-5-6-12/h4,7,11-12H,2-3,5-6,8-9H2,1H3/t11-/m0/s1. The molecule has 0 N–H and O–H groups in total. The van der Waals surface area contributed by atoms with E-state index >= 15 is 0 Å². The molecule has 0 spiro atoms. The molecule has 1 saturated carbocycles. The summed E-state index contributed by atoms with van der Waals surface area (Å²) >= 11 is 0. The third-order valence-electron chi connectivity index (χ3n) is 3.71. The zero-order valence-corrected chi connectivity index (χ0v) is 12.3. The minimum atomic E-state index is -3.10. The molecule has 1 saturated heterocycles. The van der Waals surface area contributed by atoms with Gasteiger partial charge >= 0.3 is 0 Å². The molecule has 1 aromatic heterocycles. The number of piperidine rings is 1. The van der Waals surface area contributed by atoms with Gasteiger partial charge in [-0.3, -0.25) is 0 Å². The Labute approximate surface area is 119 Å². The Balaban J connectivity index is 1.64. The molecule has 1 aliphatic heterocycles. The van der Waals surface area contributed by atoms with Crippen LogP contribution in [0.15, 0.2) is 12.1 Å². The first-order valence-electron chi connectivity index (χ1n) is 7.01. The maximum absolute atomic E-state index is 12.2. The fourth-order valence-electron chi connectivity index (χ4n) is 2.43. The van der Waals surface area contributed by atoms with E-state index in [1.807, 2.05) is 13.0 Å². The minimum absolute atomic E-state index is 0.130. The van der Waals surface area contributed by atoms with E-state index in [-0.39, 0.29) is 11.4 Å². The highest BCUT2D eigenvalue weighted by molar-refractivity contribution is 7.90. The van der Waals surface area contributed by atoms with Crippen molar-refractivity contribution in [2.45, 2.75) is 44.0 Å². The summed E-state index contributed by atoms with van der Waals surface area (Å²) in [6, 6.07) is 3.61. The van der Waals surface area contributed by atoms with Gasteiger partial charge in [0.1, 0.15) is 6.10 Å². The summed E-state index contributed by atoms with van der Waals surface area (Å²) in [5.74, 6) is 0.464. The Morgan fingerprint density at radius 3 is 2.70 bits per heavy atom. The molecule has 1 atom stereocenters. The van der Waals surface area contributed by atoms with E-state index in [0.29, 0.717) is 19.0 Å². The van der Waals surface area contributed by atoms with Crippen molar-refractivity contribution in [2.75, 3.05) is 13.1 Å². The first-order chi connectivity index (χ1) is 9.55. The molecule has 0 radical (unpaired) electrons. The smallest absolute Gasteiger partial charge is 0.233 e. The lowest BCUT2D eigenvalue weighted by Crippen LogP contribution is -2.45. The van der Waals surface area contributed by atoms with E-state index in [4.69, 9.17) is 4.74 Å². The minimum Gasteiger partial charge on any atom is -0.472 e. The fraction of sp³-hybridized carbons (Fsp3) is 0.692. The van der Waals surface area contributed by atoms with Crippen LogP contribution in [0.4, 0.5) is 0 Å². The highest BCUT2D eigenvalue weighted by Gasteiger charge is 2.41. The number of rotatable bonds is 4. The van der Waals surface area contributed by atoms with Crippen molar-refractivity contribution in [3.63, 3.8) is 0 Å². The average molecular weight is 297 g/mol. The number of hydrogen-bond acceptors (Lipinski definition) is 5. The van der Waals surface area contributed by atoms with Gasteiger partial charge in [-0.2, -0.15) is 9.40 Å². The molecule has 0 unspecified atom stereocenters. The molecule has 110 valence electrons. The van der Waals surface area contributed by atoms with Crippen LogP contribution in [0.3, 0.4) is 0 Å². The fourth-order valence-corrected chi connectivity index (χ4v) is 4.34. The second kappa shape index (κ2) is 5.29. The quantitative estimate of drug-likeness (QED) is 0.832. The van der Waals surface area contributed by atoms with Crippen LogP contribution in [0.25, 0.3) is 0 Å². The Bertz CT molecular complexity index is 569. The molecule has 2 heterocycles. The lowest BCUT2D eigenvalue weighted by molar-refractivity contribution is 0.123. The molecule has 1 aromatic rings. The average Bonchev–Trinajstić information content (AvgIpc) is 3.27. The maximum atomic E-state index is 12.2. The summed E-state index contributed by atoms with van der Waals surface area (Å²) in [4.78, 5) is 0. The van der Waals surface area contributed by atoms with Gasteiger partial charge in [0.15, 0.2) is 0 Å². The molecule has 7 heteroatoms. The second-order valence-electron chi connectivity index (χ2n) is 5.50. The summed E-state index contributed by atoms with van der Waals surface area (Å²) < 4.78 is 31.8. The van der Waals surface area contributed by atoms with Crippen molar-refractivity contribution in [3.8, 4) is 5.88 Å². The zero-order chi connectivity index (χ0) is 14.2. The van der Waals surface area contributed by atoms with Gasteiger partial charge in [-0.05, 0) is 38.7 Å². The van der Waals surface area contributed by atoms with Crippen molar-refractivity contribution in [3.05, 3.63) is 17.8 Å². The molecule has 0 aromatic carbocycles. The first-order valence-corrected chi connectivity index (χ1v) is 8.52. The zero-order valence-electron chi connectivity index (χ0n) is 11.5. The summed E-state index contributed by atoms with van der Waals surface area (Å²) in [5.41, 5.74) is 0.832. The van der Waals surface area contributed by atoms with Crippen LogP contribution in [0.2, 0.25) is 0 Å². The van der Waals surface area contributed by atoms with E-state index < -0.39 is 10.0 Å². The molecule has 0 bridgehead atoms. The predicted molar refractivity (Wildman–Crippen MR) is 73.9 cm³/mol. The Morgan fingerprint density at radius 1 is 1.25 bits per heavy atom. The van der Waals surface area contributed by atoms with E-state index in [1.54, 1.807) is 10.4 Å². The topological polar surface area (TPSA) is 72.4 Å². The van der Waals surface area contributed by atoms with Gasteiger partial charge in [-0.25, -0.2) is 8.42 Å². The Kier molecular flexibility index (Phi) is 3.64. The van der Waals surface area contributed by atoms with Crippen molar-refractivity contribution in [1.82, 2.24) is 14.5 Å². The number of aryl methyl sites for hydroxylation is 1. The van der Waals surface area contributed by atoms with Gasteiger partial charge in [-0.15, -0.1) is 5.10 Å². The first kappa shape index (κ1) is 13.8. The van der Waals surface area contributed by atoms with E-state index in [1.165, 1.54) is 0 Å². The molecular weight excluding hydrogens is 278 g/mol. The molecular formula is C13H19N3O3S. The molecule has 3 rings (SSSR count). The van der Waals surface area contributed by atoms with Gasteiger partial charge in [0.05, 0.1) is 17.5 Å². The molecule has 1 aliphatic carbocycles. The summed E-state index contributed by atoms with van der Waals surface area (Å²) in [7, 11) is -3.10. The van der Waals surface area contributed by atoms with Crippen LogP contribution < -0.4 is 4.74 Å². The van der Waals surface area contributed by atoms with Crippen molar-refractivity contribution >= 4 is 10.0 Å². The van der Waals surface area contributed by atoms with Crippen molar-refractivity contribution in [2.24, 2.45) is 0 Å². The number of sulfonamides is 1. The van der Waals surface area contributed by atoms with E-state index in [2.05, 4.69) is 10.2 Å². The third kappa shape index (κ3) is 2.93. The van der Waals surface area contributed by atoms with Crippen molar-refractivity contribution < 1.29 is 13.2 Å². The Hall–Kier alpha value is -1.21. The van der Waals surface area contributed by atoms with Crippen LogP contribution in [0.5, 0.6) is 5.88 Å². The van der Waals surface area contributed by atoms with E-state index in [0.717, 1.165) is 31.4 Å². The SMILES string of the molecule is Cc1ccc(O[C@H]2CCCN(S(=O)(=O)C3CC3)C2)nn1. The van der Waals surface area contributed by atoms with Gasteiger partial charge in [0.25, 0.3) is 0 Å². The summed E-state index contributed by atoms with van der Waals surface area (Å²) in [6.07, 6.45) is 3.15. The van der Waals surface area contributed by atoms with Crippen LogP contribution in [0, 0.1) is 6.92 Å². The highest BCUT2D eigenvalue weighted by atomic mass is 32.2. The van der Waals surface area contributed by atoms with E-state index in [9.17, 15) is 8.42 Å². The normalized spacial score (nSPS) is 24.6. The largest absolute Gasteiger partial charge is 0.472 e. The lowest BCUT2D eigenvalue weighted by atomic mass is 10.1. The summed E-state index contributed by atoms with van der Waals surface area (Å²) in [6.45, 7) is 2.90. The lowest BCUT2D eigenvalue weighted by Gasteiger charge is -2.31. The molecule has 6 nitrogen and oxygen atoms in total. The highest BCUT2D eigenvalue weighted by Crippen LogP contribution is 2.32. The van der Waals surface area contributed by atoms with Crippen LogP contribution in [-0.2, 0) is 10.0 Å². The molecule has 2 fully saturated rings. The van der Waals surface area contributed by atoms with Crippen molar-refractivity contribution in [1.29, 1.82) is 0 Å². The van der Waals surface area contributed by atoms with Crippen LogP contribution in [-0.4, -0.2) is 47.4 Å². The summed E-state index contributed by atoms with van der Waals surface area (Å²) in [5, 5.41) is 7.76. The Morgan fingerprint density at radius 2 is 2.05 bits per heavy atom. The predicted octanol–water partition coefficient (Wildman–Crippen LogP) is 1.12. The number of ether oxygens (including phenoxy) is 1. The maximum Gasteiger partial charge on any atom is 0.233 e. The second-order valence-corrected chi connectivity index (χ2v) is 7.71. The van der Waals surface area contributed by atoms with Gasteiger partial charge < -0.3 is 4.74 Å². The van der Waals surface area contributed by atoms with Crippen LogP contribution >= 0.6 is 0 Å².